The zero-order valence-electron chi connectivity index (χ0n) is 11.7. The topological polar surface area (TPSA) is 64.6 Å². The van der Waals surface area contributed by atoms with Gasteiger partial charge in [0.15, 0.2) is 17.2 Å². The van der Waals surface area contributed by atoms with Crippen molar-refractivity contribution in [3.05, 3.63) is 23.8 Å². The van der Waals surface area contributed by atoms with E-state index in [2.05, 4.69) is 5.32 Å². The summed E-state index contributed by atoms with van der Waals surface area (Å²) in [7, 11) is 1.58. The van der Waals surface area contributed by atoms with Crippen molar-refractivity contribution in [3.63, 3.8) is 0 Å². The Bertz CT molecular complexity index is 598. The Morgan fingerprint density at radius 3 is 2.90 bits per heavy atom. The number of benzene rings is 1. The number of rotatable bonds is 2. The molecule has 2 aliphatic heterocycles. The average molecular weight is 275 g/mol. The Morgan fingerprint density at radius 2 is 2.25 bits per heavy atom. The predicted octanol–water partition coefficient (Wildman–Crippen LogP) is 1.61. The third-order valence-corrected chi connectivity index (χ3v) is 4.08. The zero-order chi connectivity index (χ0) is 14.5. The molecule has 1 N–H and O–H groups in total. The fourth-order valence-corrected chi connectivity index (χ4v) is 3.25. The molecule has 3 rings (SSSR count). The smallest absolute Gasteiger partial charge is 0.234 e. The number of hydrogen-bond acceptors (Lipinski definition) is 4. The molecule has 0 aliphatic carbocycles. The van der Waals surface area contributed by atoms with Crippen LogP contribution in [-0.4, -0.2) is 24.5 Å². The molecule has 1 aromatic carbocycles. The third-order valence-electron chi connectivity index (χ3n) is 4.08. The zero-order valence-corrected chi connectivity index (χ0v) is 11.7. The highest BCUT2D eigenvalue weighted by Gasteiger charge is 2.51. The van der Waals surface area contributed by atoms with E-state index in [1.807, 2.05) is 25.1 Å². The number of ether oxygens (including phenoxy) is 2. The fraction of sp³-hybridized carbons (Fsp3) is 0.467. The van der Waals surface area contributed by atoms with Crippen LogP contribution in [-0.2, 0) is 9.59 Å². The summed E-state index contributed by atoms with van der Waals surface area (Å²) in [6, 6.07) is 5.57. The van der Waals surface area contributed by atoms with Gasteiger partial charge in [0.1, 0.15) is 11.7 Å². The molecule has 2 aliphatic rings. The monoisotopic (exact) mass is 275 g/mol. The predicted molar refractivity (Wildman–Crippen MR) is 71.7 cm³/mol. The van der Waals surface area contributed by atoms with Crippen molar-refractivity contribution in [1.82, 2.24) is 5.32 Å². The van der Waals surface area contributed by atoms with Gasteiger partial charge in [-0.3, -0.25) is 9.59 Å². The van der Waals surface area contributed by atoms with E-state index in [-0.39, 0.29) is 17.6 Å². The highest BCUT2D eigenvalue weighted by atomic mass is 16.5. The van der Waals surface area contributed by atoms with Crippen molar-refractivity contribution in [2.45, 2.75) is 31.9 Å². The van der Waals surface area contributed by atoms with Crippen LogP contribution in [0.5, 0.6) is 11.5 Å². The number of carbonyl (C=O) groups excluding carboxylic acids is 2. The number of Topliss-reactive ketones (excluding diaryl/α,β-unsaturated/α-hetero) is 1. The van der Waals surface area contributed by atoms with Crippen molar-refractivity contribution in [2.24, 2.45) is 5.92 Å². The van der Waals surface area contributed by atoms with E-state index >= 15 is 0 Å². The van der Waals surface area contributed by atoms with Crippen LogP contribution in [0.2, 0.25) is 0 Å². The van der Waals surface area contributed by atoms with Gasteiger partial charge in [-0.05, 0) is 19.9 Å². The molecule has 20 heavy (non-hydrogen) atoms. The van der Waals surface area contributed by atoms with Gasteiger partial charge < -0.3 is 14.8 Å². The van der Waals surface area contributed by atoms with Gasteiger partial charge in [-0.25, -0.2) is 0 Å². The van der Waals surface area contributed by atoms with Crippen molar-refractivity contribution in [1.29, 1.82) is 0 Å². The largest absolute Gasteiger partial charge is 0.493 e. The van der Waals surface area contributed by atoms with E-state index in [9.17, 15) is 9.59 Å². The Hall–Kier alpha value is -2.04. The summed E-state index contributed by atoms with van der Waals surface area (Å²) < 4.78 is 11.3. The number of amides is 1. The average Bonchev–Trinajstić information content (AvgIpc) is 2.36. The number of nitrogens with one attached hydrogen (secondary N) is 1. The maximum Gasteiger partial charge on any atom is 0.234 e. The Kier molecular flexibility index (Phi) is 2.74. The van der Waals surface area contributed by atoms with Gasteiger partial charge in [0.25, 0.3) is 0 Å². The summed E-state index contributed by atoms with van der Waals surface area (Å²) in [5.41, 5.74) is 0.0897. The maximum absolute atomic E-state index is 12.2. The lowest BCUT2D eigenvalue weighted by Crippen LogP contribution is -2.61. The molecule has 5 nitrogen and oxygen atoms in total. The minimum absolute atomic E-state index is 0.120. The van der Waals surface area contributed by atoms with Crippen molar-refractivity contribution in [2.75, 3.05) is 7.11 Å². The molecule has 0 saturated carbocycles. The first-order chi connectivity index (χ1) is 9.45. The maximum atomic E-state index is 12.2. The molecule has 5 heteroatoms. The first kappa shape index (κ1) is 13.0. The summed E-state index contributed by atoms with van der Waals surface area (Å²) in [4.78, 5) is 24.0. The lowest BCUT2D eigenvalue weighted by atomic mass is 9.73. The molecule has 106 valence electrons. The van der Waals surface area contributed by atoms with E-state index in [1.54, 1.807) is 7.11 Å². The summed E-state index contributed by atoms with van der Waals surface area (Å²) in [5, 5.41) is 2.81. The van der Waals surface area contributed by atoms with Crippen molar-refractivity contribution < 1.29 is 19.1 Å². The molecule has 0 radical (unpaired) electrons. The van der Waals surface area contributed by atoms with Gasteiger partial charge in [-0.2, -0.15) is 0 Å². The molecular formula is C15H17NO4. The normalized spacial score (nSPS) is 30.9. The fourth-order valence-electron chi connectivity index (χ4n) is 3.25. The van der Waals surface area contributed by atoms with Crippen LogP contribution in [0.4, 0.5) is 0 Å². The van der Waals surface area contributed by atoms with E-state index in [1.165, 1.54) is 6.92 Å². The molecule has 0 aromatic heterocycles. The van der Waals surface area contributed by atoms with Gasteiger partial charge in [0.2, 0.25) is 5.91 Å². The number of para-hydroxylation sites is 1. The van der Waals surface area contributed by atoms with E-state index in [0.717, 1.165) is 5.56 Å². The third kappa shape index (κ3) is 1.77. The molecule has 1 amide bonds. The minimum Gasteiger partial charge on any atom is -0.493 e. The second-order valence-corrected chi connectivity index (χ2v) is 5.60. The quantitative estimate of drug-likeness (QED) is 0.833. The number of ketones is 1. The van der Waals surface area contributed by atoms with Crippen LogP contribution in [0.25, 0.3) is 0 Å². The van der Waals surface area contributed by atoms with Crippen molar-refractivity contribution in [3.8, 4) is 11.5 Å². The molecule has 3 atom stereocenters. The summed E-state index contributed by atoms with van der Waals surface area (Å²) in [6.07, 6.45) is 0.586. The molecule has 2 heterocycles. The number of fused-ring (bicyclic) bond motifs is 4. The highest BCUT2D eigenvalue weighted by molar-refractivity contribution is 6.02. The lowest BCUT2D eigenvalue weighted by molar-refractivity contribution is -0.145. The number of hydrogen-bond donors (Lipinski definition) is 1. The van der Waals surface area contributed by atoms with Crippen molar-refractivity contribution >= 4 is 11.7 Å². The first-order valence-corrected chi connectivity index (χ1v) is 6.63. The lowest BCUT2D eigenvalue weighted by Gasteiger charge is -2.46. The van der Waals surface area contributed by atoms with Gasteiger partial charge in [-0.1, -0.05) is 12.1 Å². The SMILES string of the molecule is COc1cccc2c1O[C@]1(C)C[C@H]2C(C(C)=O)C(=O)N1. The molecule has 2 bridgehead atoms. The minimum atomic E-state index is -0.782. The van der Waals surface area contributed by atoms with E-state index in [0.29, 0.717) is 17.9 Å². The number of piperidine rings is 1. The molecule has 1 aromatic rings. The van der Waals surface area contributed by atoms with Gasteiger partial charge in [-0.15, -0.1) is 0 Å². The van der Waals surface area contributed by atoms with Crippen LogP contribution in [0.3, 0.4) is 0 Å². The Balaban J connectivity index is 2.17. The standard InChI is InChI=1S/C15H17NO4/c1-8(17)12-10-7-15(2,16-14(12)18)20-13-9(10)5-4-6-11(13)19-3/h4-6,10,12H,7H2,1-3H3,(H,16,18)/t10-,12?,15-/m1/s1. The van der Waals surface area contributed by atoms with Crippen LogP contribution in [0, 0.1) is 5.92 Å². The highest BCUT2D eigenvalue weighted by Crippen LogP contribution is 2.50. The Morgan fingerprint density at radius 1 is 1.50 bits per heavy atom. The van der Waals surface area contributed by atoms with E-state index < -0.39 is 11.6 Å². The molecule has 1 unspecified atom stereocenters. The van der Waals surface area contributed by atoms with Gasteiger partial charge in [0, 0.05) is 17.9 Å². The van der Waals surface area contributed by atoms with Crippen LogP contribution < -0.4 is 14.8 Å². The van der Waals surface area contributed by atoms with Gasteiger partial charge >= 0.3 is 0 Å². The molecule has 1 fully saturated rings. The molecule has 1 saturated heterocycles. The second-order valence-electron chi connectivity index (χ2n) is 5.60. The number of methoxy groups -OCH3 is 1. The molecular weight excluding hydrogens is 258 g/mol. The van der Waals surface area contributed by atoms with E-state index in [4.69, 9.17) is 9.47 Å². The summed E-state index contributed by atoms with van der Waals surface area (Å²) >= 11 is 0. The molecule has 0 spiro atoms. The van der Waals surface area contributed by atoms with Gasteiger partial charge in [0.05, 0.1) is 7.11 Å². The summed E-state index contributed by atoms with van der Waals surface area (Å²) in [6.45, 7) is 3.28. The number of carbonyl (C=O) groups is 2. The first-order valence-electron chi connectivity index (χ1n) is 6.63. The van der Waals surface area contributed by atoms with Crippen LogP contribution in [0.1, 0.15) is 31.7 Å². The van der Waals surface area contributed by atoms with Crippen LogP contribution in [0.15, 0.2) is 18.2 Å². The van der Waals surface area contributed by atoms with Crippen LogP contribution >= 0.6 is 0 Å². The Labute approximate surface area is 117 Å². The summed E-state index contributed by atoms with van der Waals surface area (Å²) in [5.74, 6) is 0.0507. The second kappa shape index (κ2) is 4.23.